The van der Waals surface area contributed by atoms with Crippen molar-refractivity contribution >= 4 is 17.5 Å². The van der Waals surface area contributed by atoms with Gasteiger partial charge in [-0.1, -0.05) is 6.92 Å². The van der Waals surface area contributed by atoms with Crippen molar-refractivity contribution < 1.29 is 14.8 Å². The predicted octanol–water partition coefficient (Wildman–Crippen LogP) is 1.90. The monoisotopic (exact) mass is 251 g/mol. The van der Waals surface area contributed by atoms with Crippen LogP contribution in [0, 0.1) is 15.5 Å². The van der Waals surface area contributed by atoms with E-state index in [1.807, 2.05) is 0 Å². The lowest BCUT2D eigenvalue weighted by molar-refractivity contribution is -0.385. The Balaban J connectivity index is 2.22. The highest BCUT2D eigenvalue weighted by atomic mass is 16.6. The minimum atomic E-state index is -1.23. The summed E-state index contributed by atoms with van der Waals surface area (Å²) in [6.07, 6.45) is 3.24. The molecule has 1 aliphatic carbocycles. The van der Waals surface area contributed by atoms with Crippen LogP contribution in [0.3, 0.4) is 0 Å². The van der Waals surface area contributed by atoms with Crippen molar-refractivity contribution in [2.75, 3.05) is 11.9 Å². The third-order valence-corrected chi connectivity index (χ3v) is 3.10. The van der Waals surface area contributed by atoms with E-state index in [0.717, 1.165) is 25.1 Å². The maximum atomic E-state index is 11.0. The Morgan fingerprint density at radius 1 is 1.67 bits per heavy atom. The minimum Gasteiger partial charge on any atom is -0.478 e. The van der Waals surface area contributed by atoms with Gasteiger partial charge in [0.15, 0.2) is 0 Å². The van der Waals surface area contributed by atoms with E-state index < -0.39 is 10.9 Å². The molecule has 0 amide bonds. The summed E-state index contributed by atoms with van der Waals surface area (Å²) < 4.78 is 0. The van der Waals surface area contributed by atoms with Crippen molar-refractivity contribution in [2.45, 2.75) is 19.8 Å². The van der Waals surface area contributed by atoms with Gasteiger partial charge < -0.3 is 10.4 Å². The van der Waals surface area contributed by atoms with Crippen molar-refractivity contribution in [3.63, 3.8) is 0 Å². The molecule has 1 heterocycles. The summed E-state index contributed by atoms with van der Waals surface area (Å²) in [6.45, 7) is 2.71. The summed E-state index contributed by atoms with van der Waals surface area (Å²) in [6, 6.07) is 1.02. The molecular weight excluding hydrogens is 238 g/mol. The van der Waals surface area contributed by atoms with E-state index in [1.165, 1.54) is 0 Å². The Hall–Kier alpha value is -2.18. The second kappa shape index (κ2) is 4.25. The van der Waals surface area contributed by atoms with Crippen molar-refractivity contribution in [1.29, 1.82) is 0 Å². The second-order valence-corrected chi connectivity index (χ2v) is 4.82. The van der Waals surface area contributed by atoms with Gasteiger partial charge in [-0.05, 0) is 18.3 Å². The number of nitrogens with one attached hydrogen (secondary N) is 1. The number of carbonyl (C=O) groups is 1. The number of carboxylic acid groups (broad SMARTS) is 1. The third-order valence-electron chi connectivity index (χ3n) is 3.10. The van der Waals surface area contributed by atoms with Crippen molar-refractivity contribution in [1.82, 2.24) is 4.98 Å². The minimum absolute atomic E-state index is 0.173. The zero-order valence-electron chi connectivity index (χ0n) is 9.84. The first-order chi connectivity index (χ1) is 8.41. The van der Waals surface area contributed by atoms with Gasteiger partial charge >= 0.3 is 5.97 Å². The van der Waals surface area contributed by atoms with Crippen LogP contribution in [0.15, 0.2) is 12.3 Å². The highest BCUT2D eigenvalue weighted by Gasteiger charge is 2.37. The molecule has 0 atom stereocenters. The van der Waals surface area contributed by atoms with Crippen molar-refractivity contribution in [3.05, 3.63) is 27.9 Å². The molecule has 0 saturated heterocycles. The van der Waals surface area contributed by atoms with Gasteiger partial charge in [0.05, 0.1) is 4.92 Å². The van der Waals surface area contributed by atoms with Crippen LogP contribution in [0.1, 0.15) is 30.1 Å². The van der Waals surface area contributed by atoms with Crippen LogP contribution >= 0.6 is 0 Å². The van der Waals surface area contributed by atoms with Crippen LogP contribution in [-0.2, 0) is 0 Å². The molecule has 0 spiro atoms. The molecule has 0 bridgehead atoms. The van der Waals surface area contributed by atoms with Gasteiger partial charge in [0.25, 0.3) is 5.69 Å². The molecule has 7 nitrogen and oxygen atoms in total. The molecule has 2 rings (SSSR count). The number of nitrogens with zero attached hydrogens (tertiary/aromatic N) is 2. The van der Waals surface area contributed by atoms with Gasteiger partial charge in [0.1, 0.15) is 17.6 Å². The van der Waals surface area contributed by atoms with Crippen LogP contribution in [-0.4, -0.2) is 27.5 Å². The van der Waals surface area contributed by atoms with E-state index in [9.17, 15) is 14.9 Å². The summed E-state index contributed by atoms with van der Waals surface area (Å²) >= 11 is 0. The molecule has 0 aliphatic heterocycles. The fraction of sp³-hybridized carbons (Fsp3) is 0.455. The van der Waals surface area contributed by atoms with Gasteiger partial charge in [-0.2, -0.15) is 0 Å². The summed E-state index contributed by atoms with van der Waals surface area (Å²) in [5.74, 6) is -1.05. The molecule has 7 heteroatoms. The molecule has 1 saturated carbocycles. The number of anilines is 1. The Morgan fingerprint density at radius 2 is 2.33 bits per heavy atom. The van der Waals surface area contributed by atoms with E-state index in [2.05, 4.69) is 17.2 Å². The largest absolute Gasteiger partial charge is 0.478 e. The maximum Gasteiger partial charge on any atom is 0.339 e. The molecular formula is C11H13N3O4. The first-order valence-electron chi connectivity index (χ1n) is 5.53. The standard InChI is InChI=1S/C11H13N3O4/c1-11(2-3-11)6-13-9-8(10(15)16)4-7(5-12-9)14(17)18/h4-5H,2-3,6H2,1H3,(H,12,13)(H,15,16). The number of carboxylic acids is 1. The van der Waals surface area contributed by atoms with Crippen LogP contribution in [0.25, 0.3) is 0 Å². The number of pyridine rings is 1. The summed E-state index contributed by atoms with van der Waals surface area (Å²) in [5, 5.41) is 22.5. The number of aromatic carboxylic acids is 1. The Bertz CT molecular complexity index is 511. The quantitative estimate of drug-likeness (QED) is 0.611. The van der Waals surface area contributed by atoms with Gasteiger partial charge in [0, 0.05) is 12.6 Å². The first kappa shape index (κ1) is 12.3. The Morgan fingerprint density at radius 3 is 2.83 bits per heavy atom. The number of hydrogen-bond donors (Lipinski definition) is 2. The lowest BCUT2D eigenvalue weighted by Gasteiger charge is -2.12. The number of hydrogen-bond acceptors (Lipinski definition) is 5. The van der Waals surface area contributed by atoms with Crippen LogP contribution in [0.2, 0.25) is 0 Å². The molecule has 2 N–H and O–H groups in total. The molecule has 96 valence electrons. The van der Waals surface area contributed by atoms with Crippen LogP contribution in [0.5, 0.6) is 0 Å². The topological polar surface area (TPSA) is 105 Å². The second-order valence-electron chi connectivity index (χ2n) is 4.82. The summed E-state index contributed by atoms with van der Waals surface area (Å²) in [7, 11) is 0. The van der Waals surface area contributed by atoms with Crippen LogP contribution < -0.4 is 5.32 Å². The lowest BCUT2D eigenvalue weighted by atomic mass is 10.1. The van der Waals surface area contributed by atoms with Gasteiger partial charge in [0.2, 0.25) is 0 Å². The van der Waals surface area contributed by atoms with E-state index in [-0.39, 0.29) is 22.5 Å². The molecule has 0 unspecified atom stereocenters. The SMILES string of the molecule is CC1(CNc2ncc([N+](=O)[O-])cc2C(=O)O)CC1. The normalized spacial score (nSPS) is 16.1. The van der Waals surface area contributed by atoms with E-state index in [0.29, 0.717) is 6.54 Å². The van der Waals surface area contributed by atoms with E-state index in [4.69, 9.17) is 5.11 Å². The van der Waals surface area contributed by atoms with Crippen molar-refractivity contribution in [2.24, 2.45) is 5.41 Å². The highest BCUT2D eigenvalue weighted by Crippen LogP contribution is 2.44. The fourth-order valence-electron chi connectivity index (χ4n) is 1.54. The molecule has 1 fully saturated rings. The molecule has 0 radical (unpaired) electrons. The Labute approximate surface area is 103 Å². The van der Waals surface area contributed by atoms with Gasteiger partial charge in [-0.3, -0.25) is 10.1 Å². The van der Waals surface area contributed by atoms with Gasteiger partial charge in [-0.25, -0.2) is 9.78 Å². The van der Waals surface area contributed by atoms with Crippen LogP contribution in [0.4, 0.5) is 11.5 Å². The lowest BCUT2D eigenvalue weighted by Crippen LogP contribution is -2.15. The zero-order valence-corrected chi connectivity index (χ0v) is 9.84. The fourth-order valence-corrected chi connectivity index (χ4v) is 1.54. The smallest absolute Gasteiger partial charge is 0.339 e. The zero-order chi connectivity index (χ0) is 13.3. The average Bonchev–Trinajstić information content (AvgIpc) is 3.05. The first-order valence-corrected chi connectivity index (χ1v) is 5.53. The highest BCUT2D eigenvalue weighted by molar-refractivity contribution is 5.93. The Kier molecular flexibility index (Phi) is 2.90. The molecule has 1 aromatic heterocycles. The summed E-state index contributed by atoms with van der Waals surface area (Å²) in [4.78, 5) is 24.8. The number of aromatic nitrogens is 1. The predicted molar refractivity (Wildman–Crippen MR) is 63.7 cm³/mol. The van der Waals surface area contributed by atoms with Crippen molar-refractivity contribution in [3.8, 4) is 0 Å². The van der Waals surface area contributed by atoms with E-state index in [1.54, 1.807) is 0 Å². The maximum absolute atomic E-state index is 11.0. The molecule has 0 aromatic carbocycles. The average molecular weight is 251 g/mol. The number of nitro groups is 1. The summed E-state index contributed by atoms with van der Waals surface area (Å²) in [5.41, 5.74) is -0.303. The molecule has 1 aromatic rings. The molecule has 18 heavy (non-hydrogen) atoms. The van der Waals surface area contributed by atoms with E-state index >= 15 is 0 Å². The molecule has 1 aliphatic rings. The number of rotatable bonds is 5. The third kappa shape index (κ3) is 2.55. The van der Waals surface area contributed by atoms with Gasteiger partial charge in [-0.15, -0.1) is 0 Å².